The number of nitrogens with zero attached hydrogens (tertiary/aromatic N) is 2. The van der Waals surface area contributed by atoms with E-state index in [9.17, 15) is 9.59 Å². The van der Waals surface area contributed by atoms with E-state index in [1.165, 1.54) is 16.2 Å². The van der Waals surface area contributed by atoms with Crippen LogP contribution in [0.3, 0.4) is 0 Å². The van der Waals surface area contributed by atoms with Gasteiger partial charge in [-0.2, -0.15) is 0 Å². The highest BCUT2D eigenvalue weighted by Crippen LogP contribution is 2.49. The second-order valence-electron chi connectivity index (χ2n) is 5.86. The molecule has 3 saturated heterocycles. The number of carbonyl (C=O) groups excluding carboxylic acids is 2. The van der Waals surface area contributed by atoms with E-state index in [1.807, 2.05) is 18.2 Å². The van der Waals surface area contributed by atoms with Gasteiger partial charge >= 0.3 is 0 Å². The first-order valence-electron chi connectivity index (χ1n) is 7.10. The third-order valence-corrected chi connectivity index (χ3v) is 5.65. The number of hydrogen-bond donors (Lipinski definition) is 0. The highest BCUT2D eigenvalue weighted by Gasteiger charge is 2.62. The third kappa shape index (κ3) is 1.41. The Morgan fingerprint density at radius 3 is 2.57 bits per heavy atom. The maximum atomic E-state index is 12.7. The predicted molar refractivity (Wildman–Crippen MR) is 77.0 cm³/mol. The molecule has 2 aromatic rings. The second kappa shape index (κ2) is 3.90. The lowest BCUT2D eigenvalue weighted by Crippen LogP contribution is -2.34. The average Bonchev–Trinajstić information content (AvgIpc) is 3.22. The van der Waals surface area contributed by atoms with Crippen LogP contribution >= 0.6 is 11.3 Å². The van der Waals surface area contributed by atoms with Gasteiger partial charge in [0.25, 0.3) is 0 Å². The fourth-order valence-electron chi connectivity index (χ4n) is 3.95. The minimum Gasteiger partial charge on any atom is -0.373 e. The van der Waals surface area contributed by atoms with Crippen LogP contribution in [0.2, 0.25) is 0 Å². The lowest BCUT2D eigenvalue weighted by atomic mass is 9.81. The van der Waals surface area contributed by atoms with Gasteiger partial charge in [0.15, 0.2) is 0 Å². The number of carbonyl (C=O) groups is 2. The molecule has 2 amide bonds. The molecule has 3 aliphatic rings. The minimum absolute atomic E-state index is 0.0615. The fourth-order valence-corrected chi connectivity index (χ4v) is 4.66. The van der Waals surface area contributed by atoms with Gasteiger partial charge in [0.05, 0.1) is 45.5 Å². The highest BCUT2D eigenvalue weighted by molar-refractivity contribution is 7.16. The summed E-state index contributed by atoms with van der Waals surface area (Å²) >= 11 is 1.51. The molecule has 3 aliphatic heterocycles. The second-order valence-corrected chi connectivity index (χ2v) is 6.74. The largest absolute Gasteiger partial charge is 0.373 e. The van der Waals surface area contributed by atoms with Crippen molar-refractivity contribution in [2.75, 3.05) is 4.90 Å². The molecular weight excluding hydrogens is 288 g/mol. The lowest BCUT2D eigenvalue weighted by Gasteiger charge is -2.17. The number of imide groups is 1. The molecule has 4 heterocycles. The van der Waals surface area contributed by atoms with Gasteiger partial charge in [-0.1, -0.05) is 0 Å². The van der Waals surface area contributed by atoms with Crippen LogP contribution in [0.1, 0.15) is 12.8 Å². The van der Waals surface area contributed by atoms with Gasteiger partial charge in [-0.25, -0.2) is 9.88 Å². The number of rotatable bonds is 1. The topological polar surface area (TPSA) is 59.5 Å². The number of anilines is 1. The van der Waals surface area contributed by atoms with Crippen LogP contribution in [-0.2, 0) is 14.3 Å². The first kappa shape index (κ1) is 11.8. The van der Waals surface area contributed by atoms with E-state index in [4.69, 9.17) is 4.74 Å². The molecule has 6 heteroatoms. The van der Waals surface area contributed by atoms with Crippen LogP contribution in [0, 0.1) is 11.8 Å². The summed E-state index contributed by atoms with van der Waals surface area (Å²) in [4.78, 5) is 30.9. The zero-order valence-electron chi connectivity index (χ0n) is 11.1. The maximum absolute atomic E-state index is 12.7. The van der Waals surface area contributed by atoms with Gasteiger partial charge in [0, 0.05) is 0 Å². The Morgan fingerprint density at radius 1 is 1.14 bits per heavy atom. The molecule has 1 aromatic carbocycles. The van der Waals surface area contributed by atoms with Crippen molar-refractivity contribution in [3.05, 3.63) is 23.7 Å². The van der Waals surface area contributed by atoms with Crippen molar-refractivity contribution in [1.29, 1.82) is 0 Å². The quantitative estimate of drug-likeness (QED) is 0.755. The van der Waals surface area contributed by atoms with Crippen molar-refractivity contribution in [3.8, 4) is 0 Å². The molecule has 1 aromatic heterocycles. The molecule has 5 rings (SSSR count). The molecule has 3 fully saturated rings. The molecule has 0 saturated carbocycles. The molecule has 106 valence electrons. The van der Waals surface area contributed by atoms with Gasteiger partial charge < -0.3 is 4.74 Å². The Kier molecular flexibility index (Phi) is 2.19. The van der Waals surface area contributed by atoms with Crippen molar-refractivity contribution in [2.45, 2.75) is 25.0 Å². The van der Waals surface area contributed by atoms with E-state index in [0.29, 0.717) is 5.69 Å². The molecule has 0 spiro atoms. The monoisotopic (exact) mass is 300 g/mol. The Labute approximate surface area is 124 Å². The summed E-state index contributed by atoms with van der Waals surface area (Å²) in [5.41, 5.74) is 3.33. The summed E-state index contributed by atoms with van der Waals surface area (Å²) in [5.74, 6) is -0.732. The van der Waals surface area contributed by atoms with Crippen LogP contribution in [0.15, 0.2) is 23.7 Å². The summed E-state index contributed by atoms with van der Waals surface area (Å²) in [7, 11) is 0. The smallest absolute Gasteiger partial charge is 0.240 e. The number of amides is 2. The first-order valence-corrected chi connectivity index (χ1v) is 7.98. The van der Waals surface area contributed by atoms with Crippen LogP contribution in [0.4, 0.5) is 5.69 Å². The fraction of sp³-hybridized carbons (Fsp3) is 0.400. The first-order chi connectivity index (χ1) is 10.2. The SMILES string of the molecule is O=C1C2C3CCC(O3)C2C(=O)N1c1ccc2ncsc2c1. The standard InChI is InChI=1S/C15H12N2O3S/c18-14-12-9-3-4-10(20-9)13(12)15(19)17(14)7-1-2-8-11(5-7)21-6-16-8/h1-2,5-6,9-10,12-13H,3-4H2. The maximum Gasteiger partial charge on any atom is 0.240 e. The molecule has 4 atom stereocenters. The summed E-state index contributed by atoms with van der Waals surface area (Å²) in [6.45, 7) is 0. The van der Waals surface area contributed by atoms with E-state index in [1.54, 1.807) is 5.51 Å². The lowest BCUT2D eigenvalue weighted by molar-refractivity contribution is -0.124. The van der Waals surface area contributed by atoms with E-state index in [-0.39, 0.29) is 35.9 Å². The summed E-state index contributed by atoms with van der Waals surface area (Å²) in [6, 6.07) is 5.55. The Balaban J connectivity index is 1.60. The molecule has 21 heavy (non-hydrogen) atoms. The molecule has 0 N–H and O–H groups in total. The minimum atomic E-state index is -0.270. The Hall–Kier alpha value is -1.79. The molecule has 5 nitrogen and oxygen atoms in total. The van der Waals surface area contributed by atoms with Crippen LogP contribution in [0.5, 0.6) is 0 Å². The van der Waals surface area contributed by atoms with Gasteiger partial charge in [-0.05, 0) is 31.0 Å². The summed E-state index contributed by atoms with van der Waals surface area (Å²) < 4.78 is 6.74. The van der Waals surface area contributed by atoms with Crippen molar-refractivity contribution >= 4 is 39.1 Å². The van der Waals surface area contributed by atoms with E-state index in [2.05, 4.69) is 4.98 Å². The average molecular weight is 300 g/mol. The predicted octanol–water partition coefficient (Wildman–Crippen LogP) is 1.96. The Bertz CT molecular complexity index is 758. The van der Waals surface area contributed by atoms with E-state index < -0.39 is 0 Å². The molecule has 0 radical (unpaired) electrons. The zero-order valence-corrected chi connectivity index (χ0v) is 11.9. The number of hydrogen-bond acceptors (Lipinski definition) is 5. The summed E-state index contributed by atoms with van der Waals surface area (Å²) in [6.07, 6.45) is 1.67. The molecule has 4 unspecified atom stereocenters. The summed E-state index contributed by atoms with van der Waals surface area (Å²) in [5, 5.41) is 0. The van der Waals surface area contributed by atoms with Gasteiger partial charge in [-0.15, -0.1) is 11.3 Å². The number of benzene rings is 1. The van der Waals surface area contributed by atoms with Gasteiger partial charge in [0.2, 0.25) is 11.8 Å². The van der Waals surface area contributed by atoms with Crippen molar-refractivity contribution in [3.63, 3.8) is 0 Å². The van der Waals surface area contributed by atoms with Crippen LogP contribution in [-0.4, -0.2) is 29.0 Å². The number of ether oxygens (including phenoxy) is 1. The molecular formula is C15H12N2O3S. The Morgan fingerprint density at radius 2 is 1.86 bits per heavy atom. The number of thiazole rings is 1. The van der Waals surface area contributed by atoms with Gasteiger partial charge in [0.1, 0.15) is 0 Å². The van der Waals surface area contributed by atoms with Gasteiger partial charge in [-0.3, -0.25) is 9.59 Å². The number of fused-ring (bicyclic) bond motifs is 6. The van der Waals surface area contributed by atoms with Crippen LogP contribution in [0.25, 0.3) is 10.2 Å². The molecule has 0 aliphatic carbocycles. The number of aromatic nitrogens is 1. The van der Waals surface area contributed by atoms with Crippen molar-refractivity contribution < 1.29 is 14.3 Å². The third-order valence-electron chi connectivity index (χ3n) is 4.86. The highest BCUT2D eigenvalue weighted by atomic mass is 32.1. The van der Waals surface area contributed by atoms with E-state index in [0.717, 1.165) is 23.1 Å². The zero-order chi connectivity index (χ0) is 14.1. The van der Waals surface area contributed by atoms with Crippen molar-refractivity contribution in [1.82, 2.24) is 4.98 Å². The van der Waals surface area contributed by atoms with Crippen LogP contribution < -0.4 is 4.90 Å². The van der Waals surface area contributed by atoms with Crippen molar-refractivity contribution in [2.24, 2.45) is 11.8 Å². The normalized spacial score (nSPS) is 34.2. The van der Waals surface area contributed by atoms with E-state index >= 15 is 0 Å². The molecule has 2 bridgehead atoms.